The minimum absolute atomic E-state index is 0.190. The molecule has 1 amide bonds. The van der Waals surface area contributed by atoms with Crippen LogP contribution in [-0.4, -0.2) is 31.7 Å². The van der Waals surface area contributed by atoms with Crippen LogP contribution >= 0.6 is 0 Å². The van der Waals surface area contributed by atoms with Gasteiger partial charge in [-0.05, 0) is 12.1 Å². The normalized spacial score (nSPS) is 11.1. The summed E-state index contributed by atoms with van der Waals surface area (Å²) in [5.41, 5.74) is 0.112. The van der Waals surface area contributed by atoms with Crippen molar-refractivity contribution in [2.75, 3.05) is 19.5 Å². The fourth-order valence-corrected chi connectivity index (χ4v) is 3.44. The number of methoxy groups -OCH3 is 2. The van der Waals surface area contributed by atoms with Crippen molar-refractivity contribution in [3.05, 3.63) is 64.2 Å². The van der Waals surface area contributed by atoms with Crippen LogP contribution in [0.25, 0.3) is 21.9 Å². The molecule has 4 aromatic rings. The number of carbonyl (C=O) groups is 1. The molecule has 0 saturated carbocycles. The lowest BCUT2D eigenvalue weighted by Crippen LogP contribution is -2.15. The first-order chi connectivity index (χ1) is 15.8. The Morgan fingerprint density at radius 1 is 1.00 bits per heavy atom. The average Bonchev–Trinajstić information content (AvgIpc) is 3.15. The number of amides is 1. The number of para-hydroxylation sites is 1. The van der Waals surface area contributed by atoms with Crippen LogP contribution in [0.2, 0.25) is 0 Å². The maximum Gasteiger partial charge on any atom is 0.387 e. The van der Waals surface area contributed by atoms with Crippen molar-refractivity contribution in [2.24, 2.45) is 0 Å². The lowest BCUT2D eigenvalue weighted by Gasteiger charge is -2.13. The molecule has 0 spiro atoms. The van der Waals surface area contributed by atoms with E-state index in [-0.39, 0.29) is 17.2 Å². The van der Waals surface area contributed by atoms with Gasteiger partial charge >= 0.3 is 6.61 Å². The fourth-order valence-electron chi connectivity index (χ4n) is 3.44. The van der Waals surface area contributed by atoms with E-state index in [0.29, 0.717) is 17.2 Å². The van der Waals surface area contributed by atoms with Gasteiger partial charge in [0.1, 0.15) is 22.5 Å². The number of nitrogens with one attached hydrogen (secondary N) is 1. The van der Waals surface area contributed by atoms with Crippen LogP contribution in [0.5, 0.6) is 17.2 Å². The molecule has 1 N–H and O–H groups in total. The first kappa shape index (κ1) is 21.8. The molecule has 0 bridgehead atoms. The molecule has 9 nitrogen and oxygen atoms in total. The average molecular weight is 458 g/mol. The minimum Gasteiger partial charge on any atom is -0.495 e. The first-order valence-electron chi connectivity index (χ1n) is 9.44. The minimum atomic E-state index is -3.24. The number of carbonyl (C=O) groups excluding carboxylic acids is 1. The van der Waals surface area contributed by atoms with Crippen LogP contribution in [0.3, 0.4) is 0 Å². The van der Waals surface area contributed by atoms with Crippen LogP contribution < -0.4 is 19.5 Å². The van der Waals surface area contributed by atoms with Crippen molar-refractivity contribution in [1.82, 2.24) is 0 Å². The van der Waals surface area contributed by atoms with E-state index < -0.39 is 34.4 Å². The molecule has 0 aliphatic heterocycles. The molecule has 1 aromatic heterocycles. The largest absolute Gasteiger partial charge is 0.495 e. The van der Waals surface area contributed by atoms with Gasteiger partial charge in [0, 0.05) is 22.9 Å². The lowest BCUT2D eigenvalue weighted by molar-refractivity contribution is -0.385. The number of nitro groups is 1. The molecular weight excluding hydrogens is 442 g/mol. The number of fused-ring (bicyclic) bond motifs is 3. The van der Waals surface area contributed by atoms with E-state index in [1.807, 2.05) is 18.2 Å². The molecule has 0 aliphatic rings. The number of rotatable bonds is 7. The summed E-state index contributed by atoms with van der Waals surface area (Å²) in [6, 6.07) is 12.2. The Kier molecular flexibility index (Phi) is 5.69. The summed E-state index contributed by atoms with van der Waals surface area (Å²) in [4.78, 5) is 23.6. The molecule has 33 heavy (non-hydrogen) atoms. The predicted molar refractivity (Wildman–Crippen MR) is 115 cm³/mol. The summed E-state index contributed by atoms with van der Waals surface area (Å²) >= 11 is 0. The quantitative estimate of drug-likeness (QED) is 0.293. The van der Waals surface area contributed by atoms with E-state index in [2.05, 4.69) is 10.1 Å². The Hall–Kier alpha value is -4.41. The monoisotopic (exact) mass is 458 g/mol. The predicted octanol–water partition coefficient (Wildman–Crippen LogP) is 5.37. The molecule has 0 atom stereocenters. The van der Waals surface area contributed by atoms with Gasteiger partial charge in [-0.3, -0.25) is 14.9 Å². The maximum absolute atomic E-state index is 13.0. The SMILES string of the molecule is COc1cc2c(cc1NC(=O)c1cc(OC)c(OC(F)F)cc1[N+](=O)[O-])oc1ccccc12. The summed E-state index contributed by atoms with van der Waals surface area (Å²) in [5.74, 6) is -1.45. The van der Waals surface area contributed by atoms with Gasteiger partial charge in [-0.15, -0.1) is 0 Å². The van der Waals surface area contributed by atoms with E-state index in [4.69, 9.17) is 13.9 Å². The highest BCUT2D eigenvalue weighted by atomic mass is 19.3. The summed E-state index contributed by atoms with van der Waals surface area (Å²) < 4.78 is 45.7. The van der Waals surface area contributed by atoms with Gasteiger partial charge in [-0.25, -0.2) is 0 Å². The molecule has 0 radical (unpaired) electrons. The molecule has 0 fully saturated rings. The van der Waals surface area contributed by atoms with Crippen molar-refractivity contribution in [2.45, 2.75) is 6.61 Å². The number of benzene rings is 3. The standard InChI is InChI=1S/C22H16F2N2O7/c1-30-18-7-12-11-5-3-4-6-16(11)32-17(12)9-14(18)25-21(27)13-8-19(31-2)20(33-22(23)24)10-15(13)26(28)29/h3-10,22H,1-2H3,(H,25,27). The van der Waals surface area contributed by atoms with Gasteiger partial charge in [-0.1, -0.05) is 18.2 Å². The number of anilines is 1. The zero-order valence-corrected chi connectivity index (χ0v) is 17.3. The second-order valence-electron chi connectivity index (χ2n) is 6.76. The highest BCUT2D eigenvalue weighted by molar-refractivity contribution is 6.11. The number of nitro benzene ring substituents is 1. The summed E-state index contributed by atoms with van der Waals surface area (Å²) in [7, 11) is 2.56. The highest BCUT2D eigenvalue weighted by Crippen LogP contribution is 2.39. The number of furan rings is 1. The molecule has 11 heteroatoms. The number of nitrogens with zero attached hydrogens (tertiary/aromatic N) is 1. The van der Waals surface area contributed by atoms with E-state index in [1.54, 1.807) is 12.1 Å². The Bertz CT molecular complexity index is 1380. The van der Waals surface area contributed by atoms with Crippen LogP contribution in [0.1, 0.15) is 10.4 Å². The zero-order chi connectivity index (χ0) is 23.7. The van der Waals surface area contributed by atoms with Gasteiger partial charge in [0.25, 0.3) is 11.6 Å². The van der Waals surface area contributed by atoms with E-state index in [9.17, 15) is 23.7 Å². The van der Waals surface area contributed by atoms with Crippen LogP contribution in [0, 0.1) is 10.1 Å². The molecule has 4 rings (SSSR count). The van der Waals surface area contributed by atoms with Gasteiger partial charge < -0.3 is 23.9 Å². The Morgan fingerprint density at radius 3 is 2.39 bits per heavy atom. The second-order valence-corrected chi connectivity index (χ2v) is 6.76. The zero-order valence-electron chi connectivity index (χ0n) is 17.3. The third-order valence-electron chi connectivity index (χ3n) is 4.89. The van der Waals surface area contributed by atoms with Gasteiger partial charge in [0.2, 0.25) is 0 Å². The first-order valence-corrected chi connectivity index (χ1v) is 9.44. The van der Waals surface area contributed by atoms with Gasteiger partial charge in [0.05, 0.1) is 30.9 Å². The second kappa shape index (κ2) is 8.61. The van der Waals surface area contributed by atoms with Crippen LogP contribution in [-0.2, 0) is 0 Å². The number of ether oxygens (including phenoxy) is 3. The van der Waals surface area contributed by atoms with E-state index in [0.717, 1.165) is 23.9 Å². The van der Waals surface area contributed by atoms with Crippen molar-refractivity contribution < 1.29 is 37.1 Å². The fraction of sp³-hybridized carbons (Fsp3) is 0.136. The van der Waals surface area contributed by atoms with Crippen molar-refractivity contribution >= 4 is 39.2 Å². The maximum atomic E-state index is 13.0. The smallest absolute Gasteiger partial charge is 0.387 e. The van der Waals surface area contributed by atoms with Crippen molar-refractivity contribution in [3.63, 3.8) is 0 Å². The van der Waals surface area contributed by atoms with Crippen LogP contribution in [0.4, 0.5) is 20.2 Å². The van der Waals surface area contributed by atoms with Gasteiger partial charge in [-0.2, -0.15) is 8.78 Å². The van der Waals surface area contributed by atoms with E-state index in [1.165, 1.54) is 13.2 Å². The Labute approximate surface area is 184 Å². The third-order valence-corrected chi connectivity index (χ3v) is 4.89. The molecular formula is C22H16F2N2O7. The van der Waals surface area contributed by atoms with Crippen molar-refractivity contribution in [3.8, 4) is 17.2 Å². The number of halogens is 2. The molecule has 0 aliphatic carbocycles. The Balaban J connectivity index is 1.77. The van der Waals surface area contributed by atoms with Crippen LogP contribution in [0.15, 0.2) is 52.9 Å². The summed E-state index contributed by atoms with van der Waals surface area (Å²) in [5, 5.41) is 15.7. The summed E-state index contributed by atoms with van der Waals surface area (Å²) in [6.45, 7) is -3.24. The number of hydrogen-bond acceptors (Lipinski definition) is 7. The van der Waals surface area contributed by atoms with Crippen molar-refractivity contribution in [1.29, 1.82) is 0 Å². The molecule has 0 saturated heterocycles. The number of hydrogen-bond donors (Lipinski definition) is 1. The summed E-state index contributed by atoms with van der Waals surface area (Å²) in [6.07, 6.45) is 0. The number of alkyl halides is 2. The molecule has 170 valence electrons. The van der Waals surface area contributed by atoms with E-state index >= 15 is 0 Å². The topological polar surface area (TPSA) is 113 Å². The third kappa shape index (κ3) is 4.07. The highest BCUT2D eigenvalue weighted by Gasteiger charge is 2.27. The molecule has 0 unspecified atom stereocenters. The molecule has 3 aromatic carbocycles. The lowest BCUT2D eigenvalue weighted by atomic mass is 10.1. The Morgan fingerprint density at radius 2 is 1.73 bits per heavy atom. The van der Waals surface area contributed by atoms with Gasteiger partial charge in [0.15, 0.2) is 11.5 Å². The molecule has 1 heterocycles.